The van der Waals surface area contributed by atoms with Gasteiger partial charge in [0, 0.05) is 17.5 Å². The van der Waals surface area contributed by atoms with Crippen LogP contribution in [0.4, 0.5) is 8.78 Å². The third-order valence-corrected chi connectivity index (χ3v) is 4.26. The number of rotatable bonds is 2. The van der Waals surface area contributed by atoms with Gasteiger partial charge in [0.1, 0.15) is 5.82 Å². The monoisotopic (exact) mass is 250 g/mol. The van der Waals surface area contributed by atoms with Gasteiger partial charge in [0.25, 0.3) is 0 Å². The van der Waals surface area contributed by atoms with E-state index in [0.29, 0.717) is 11.0 Å². The maximum Gasteiger partial charge on any atom is 0.161 e. The van der Waals surface area contributed by atoms with Gasteiger partial charge in [-0.25, -0.2) is 13.8 Å². The van der Waals surface area contributed by atoms with Crippen LogP contribution < -0.4 is 0 Å². The van der Waals surface area contributed by atoms with Crippen molar-refractivity contribution in [2.24, 2.45) is 0 Å². The van der Waals surface area contributed by atoms with E-state index in [1.807, 2.05) is 0 Å². The van der Waals surface area contributed by atoms with Crippen molar-refractivity contribution in [1.82, 2.24) is 9.97 Å². The molecular weight excluding hydrogens is 234 g/mol. The molecule has 18 heavy (non-hydrogen) atoms. The van der Waals surface area contributed by atoms with Gasteiger partial charge in [-0.15, -0.1) is 0 Å². The van der Waals surface area contributed by atoms with Crippen molar-refractivity contribution in [3.8, 4) is 0 Å². The minimum absolute atomic E-state index is 0.0754. The number of nitrogens with one attached hydrogen (secondary N) is 1. The lowest BCUT2D eigenvalue weighted by Gasteiger charge is -2.24. The fraction of sp³-hybridized carbons (Fsp3) is 0.500. The van der Waals surface area contributed by atoms with Crippen molar-refractivity contribution in [1.29, 1.82) is 0 Å². The third-order valence-electron chi connectivity index (χ3n) is 4.26. The Balaban J connectivity index is 2.13. The predicted octanol–water partition coefficient (Wildman–Crippen LogP) is 4.06. The van der Waals surface area contributed by atoms with Crippen LogP contribution in [-0.4, -0.2) is 9.97 Å². The second-order valence-corrected chi connectivity index (χ2v) is 5.21. The second kappa shape index (κ2) is 4.04. The van der Waals surface area contributed by atoms with Gasteiger partial charge in [-0.05, 0) is 19.3 Å². The van der Waals surface area contributed by atoms with Crippen molar-refractivity contribution in [2.75, 3.05) is 0 Å². The Labute approximate surface area is 104 Å². The Hall–Kier alpha value is -1.45. The first-order chi connectivity index (χ1) is 8.64. The smallest absolute Gasteiger partial charge is 0.161 e. The summed E-state index contributed by atoms with van der Waals surface area (Å²) in [5.74, 6) is -0.769. The van der Waals surface area contributed by atoms with Gasteiger partial charge in [0.15, 0.2) is 11.6 Å². The molecule has 3 rings (SSSR count). The van der Waals surface area contributed by atoms with Crippen LogP contribution in [0.3, 0.4) is 0 Å². The molecule has 1 heterocycles. The van der Waals surface area contributed by atoms with E-state index in [9.17, 15) is 8.78 Å². The van der Waals surface area contributed by atoms with Crippen LogP contribution in [0.5, 0.6) is 0 Å². The Morgan fingerprint density at radius 3 is 2.56 bits per heavy atom. The Bertz CT molecular complexity index is 544. The average molecular weight is 250 g/mol. The lowest BCUT2D eigenvalue weighted by Crippen LogP contribution is -2.22. The molecule has 0 aliphatic heterocycles. The van der Waals surface area contributed by atoms with Gasteiger partial charge in [0.05, 0.1) is 11.0 Å². The van der Waals surface area contributed by atoms with Gasteiger partial charge >= 0.3 is 0 Å². The first kappa shape index (κ1) is 11.6. The van der Waals surface area contributed by atoms with E-state index in [1.54, 1.807) is 0 Å². The number of hydrogen-bond acceptors (Lipinski definition) is 1. The van der Waals surface area contributed by atoms with Crippen molar-refractivity contribution >= 4 is 11.0 Å². The lowest BCUT2D eigenvalue weighted by atomic mass is 9.83. The summed E-state index contributed by atoms with van der Waals surface area (Å²) in [4.78, 5) is 7.66. The lowest BCUT2D eigenvalue weighted by molar-refractivity contribution is 0.403. The van der Waals surface area contributed by atoms with E-state index in [-0.39, 0.29) is 5.41 Å². The zero-order valence-electron chi connectivity index (χ0n) is 10.4. The molecule has 1 aromatic heterocycles. The zero-order chi connectivity index (χ0) is 12.8. The average Bonchev–Trinajstić information content (AvgIpc) is 2.96. The molecule has 2 aromatic rings. The molecule has 4 heteroatoms. The summed E-state index contributed by atoms with van der Waals surface area (Å²) in [6.45, 7) is 2.15. The maximum atomic E-state index is 13.2. The van der Waals surface area contributed by atoms with E-state index < -0.39 is 11.6 Å². The zero-order valence-corrected chi connectivity index (χ0v) is 10.4. The van der Waals surface area contributed by atoms with E-state index in [1.165, 1.54) is 25.0 Å². The summed E-state index contributed by atoms with van der Waals surface area (Å²) in [5.41, 5.74) is 1.18. The van der Waals surface area contributed by atoms with Crippen molar-refractivity contribution < 1.29 is 8.78 Å². The standard InChI is InChI=1S/C14H16F2N2/c1-2-14(5-3-4-6-14)13-17-11-7-9(15)10(16)8-12(11)18-13/h7-8H,2-6H2,1H3,(H,17,18). The van der Waals surface area contributed by atoms with Gasteiger partial charge in [-0.3, -0.25) is 0 Å². The summed E-state index contributed by atoms with van der Waals surface area (Å²) < 4.78 is 26.4. The molecule has 1 aliphatic rings. The van der Waals surface area contributed by atoms with Crippen LogP contribution in [0.15, 0.2) is 12.1 Å². The molecule has 1 fully saturated rings. The highest BCUT2D eigenvalue weighted by Gasteiger charge is 2.36. The van der Waals surface area contributed by atoms with Gasteiger partial charge in [0.2, 0.25) is 0 Å². The van der Waals surface area contributed by atoms with Crippen LogP contribution in [0, 0.1) is 11.6 Å². The molecule has 0 bridgehead atoms. The van der Waals surface area contributed by atoms with Crippen molar-refractivity contribution in [3.63, 3.8) is 0 Å². The maximum absolute atomic E-state index is 13.2. The van der Waals surface area contributed by atoms with Gasteiger partial charge in [-0.2, -0.15) is 0 Å². The second-order valence-electron chi connectivity index (χ2n) is 5.21. The van der Waals surface area contributed by atoms with Crippen LogP contribution in [0.25, 0.3) is 11.0 Å². The van der Waals surface area contributed by atoms with E-state index in [2.05, 4.69) is 16.9 Å². The molecular formula is C14H16F2N2. The molecule has 0 spiro atoms. The normalized spacial score (nSPS) is 18.6. The molecule has 96 valence electrons. The largest absolute Gasteiger partial charge is 0.341 e. The first-order valence-corrected chi connectivity index (χ1v) is 6.50. The third kappa shape index (κ3) is 1.62. The quantitative estimate of drug-likeness (QED) is 0.855. The van der Waals surface area contributed by atoms with E-state index in [0.717, 1.165) is 25.1 Å². The Kier molecular flexibility index (Phi) is 2.61. The predicted molar refractivity (Wildman–Crippen MR) is 66.4 cm³/mol. The number of aromatic nitrogens is 2. The van der Waals surface area contributed by atoms with Crippen LogP contribution in [0.2, 0.25) is 0 Å². The molecule has 0 unspecified atom stereocenters. The number of fused-ring (bicyclic) bond motifs is 1. The molecule has 0 amide bonds. The van der Waals surface area contributed by atoms with Crippen LogP contribution >= 0.6 is 0 Å². The highest BCUT2D eigenvalue weighted by molar-refractivity contribution is 5.75. The molecule has 1 aromatic carbocycles. The fourth-order valence-corrected chi connectivity index (χ4v) is 3.07. The highest BCUT2D eigenvalue weighted by Crippen LogP contribution is 2.42. The molecule has 1 N–H and O–H groups in total. The topological polar surface area (TPSA) is 28.7 Å². The minimum atomic E-state index is -0.836. The number of imidazole rings is 1. The summed E-state index contributed by atoms with van der Waals surface area (Å²) in [7, 11) is 0. The number of aromatic amines is 1. The summed E-state index contributed by atoms with van der Waals surface area (Å²) in [6, 6.07) is 2.36. The Morgan fingerprint density at radius 1 is 1.22 bits per heavy atom. The van der Waals surface area contributed by atoms with Crippen LogP contribution in [0.1, 0.15) is 44.9 Å². The highest BCUT2D eigenvalue weighted by atomic mass is 19.2. The Morgan fingerprint density at radius 2 is 1.89 bits per heavy atom. The van der Waals surface area contributed by atoms with E-state index in [4.69, 9.17) is 0 Å². The van der Waals surface area contributed by atoms with Gasteiger partial charge in [-0.1, -0.05) is 19.8 Å². The SMILES string of the molecule is CCC1(c2nc3cc(F)c(F)cc3[nH]2)CCCC1. The van der Waals surface area contributed by atoms with Crippen molar-refractivity contribution in [3.05, 3.63) is 29.6 Å². The number of nitrogens with zero attached hydrogens (tertiary/aromatic N) is 1. The van der Waals surface area contributed by atoms with Crippen molar-refractivity contribution in [2.45, 2.75) is 44.4 Å². The number of hydrogen-bond donors (Lipinski definition) is 1. The molecule has 0 atom stereocenters. The number of benzene rings is 1. The molecule has 2 nitrogen and oxygen atoms in total. The molecule has 0 radical (unpaired) electrons. The summed E-state index contributed by atoms with van der Waals surface area (Å²) in [5, 5.41) is 0. The van der Waals surface area contributed by atoms with Crippen LogP contribution in [-0.2, 0) is 5.41 Å². The summed E-state index contributed by atoms with van der Waals surface area (Å²) in [6.07, 6.45) is 5.63. The number of halogens is 2. The fourth-order valence-electron chi connectivity index (χ4n) is 3.07. The van der Waals surface area contributed by atoms with E-state index >= 15 is 0 Å². The first-order valence-electron chi connectivity index (χ1n) is 6.50. The summed E-state index contributed by atoms with van der Waals surface area (Å²) >= 11 is 0. The molecule has 1 aliphatic carbocycles. The molecule has 0 saturated heterocycles. The minimum Gasteiger partial charge on any atom is -0.341 e. The molecule has 1 saturated carbocycles. The number of H-pyrrole nitrogens is 1. The van der Waals surface area contributed by atoms with Gasteiger partial charge < -0.3 is 4.98 Å².